The van der Waals surface area contributed by atoms with Crippen LogP contribution in [-0.2, 0) is 25.0 Å². The maximum Gasteiger partial charge on any atom is 2.00 e. The summed E-state index contributed by atoms with van der Waals surface area (Å²) in [5.74, 6) is 1.00. The van der Waals surface area contributed by atoms with Gasteiger partial charge in [0.25, 0.3) is 0 Å². The van der Waals surface area contributed by atoms with Crippen LogP contribution < -0.4 is 0 Å². The van der Waals surface area contributed by atoms with Crippen LogP contribution in [0.3, 0.4) is 0 Å². The van der Waals surface area contributed by atoms with Crippen molar-refractivity contribution < 1.29 is 18.6 Å². The maximum absolute atomic E-state index is 5.81. The molecule has 0 heterocycles. The monoisotopic (exact) mass is 249 g/mol. The minimum absolute atomic E-state index is 0. The largest absolute Gasteiger partial charge is 2.00 e. The van der Waals surface area contributed by atoms with Crippen LogP contribution in [-0.4, -0.2) is 7.85 Å². The summed E-state index contributed by atoms with van der Waals surface area (Å²) in [7, 11) is 5.81. The van der Waals surface area contributed by atoms with E-state index < -0.39 is 0 Å². The van der Waals surface area contributed by atoms with Gasteiger partial charge in [-0.1, -0.05) is 33.1 Å². The fourth-order valence-corrected chi connectivity index (χ4v) is 1.96. The molecule has 0 bridgehead atoms. The van der Waals surface area contributed by atoms with Gasteiger partial charge in [0, 0.05) is 7.85 Å². The van der Waals surface area contributed by atoms with Gasteiger partial charge in [0.2, 0.25) is 0 Å². The van der Waals surface area contributed by atoms with Crippen molar-refractivity contribution in [1.82, 2.24) is 0 Å². The second kappa shape index (κ2) is 8.96. The molecule has 0 aliphatic heterocycles. The summed E-state index contributed by atoms with van der Waals surface area (Å²) < 4.78 is 0. The van der Waals surface area contributed by atoms with Gasteiger partial charge in [-0.2, -0.15) is 41.8 Å². The smallest absolute Gasteiger partial charge is 0.330 e. The first kappa shape index (κ1) is 15.9. The van der Waals surface area contributed by atoms with Crippen LogP contribution in [0.5, 0.6) is 0 Å². The molecular weight excluding hydrogens is 230 g/mol. The molecule has 2 atom stereocenters. The first-order chi connectivity index (χ1) is 7.34. The van der Waals surface area contributed by atoms with Crippen LogP contribution in [0.1, 0.15) is 32.3 Å². The number of hydrogen-bond acceptors (Lipinski definition) is 0. The maximum atomic E-state index is 5.81. The molecule has 1 fully saturated rings. The Hall–Kier alpha value is -0.131. The summed E-state index contributed by atoms with van der Waals surface area (Å²) in [6.07, 6.45) is 5.77. The second-order valence-electron chi connectivity index (χ2n) is 3.79. The Labute approximate surface area is 114 Å². The third-order valence-electron chi connectivity index (χ3n) is 2.65. The van der Waals surface area contributed by atoms with E-state index in [4.69, 9.17) is 7.85 Å². The normalized spacial score (nSPS) is 22.9. The molecule has 16 heavy (non-hydrogen) atoms. The molecule has 1 aromatic carbocycles. The van der Waals surface area contributed by atoms with Crippen molar-refractivity contribution in [2.75, 3.05) is 0 Å². The summed E-state index contributed by atoms with van der Waals surface area (Å²) in [5, 5.41) is 0. The molecule has 0 spiro atoms. The summed E-state index contributed by atoms with van der Waals surface area (Å²) >= 11 is 0. The van der Waals surface area contributed by atoms with E-state index in [2.05, 4.69) is 24.6 Å². The predicted octanol–water partition coefficient (Wildman–Crippen LogP) is 3.62. The zero-order valence-corrected chi connectivity index (χ0v) is 11.6. The molecule has 1 aliphatic rings. The Morgan fingerprint density at radius 3 is 2.62 bits per heavy atom. The molecule has 0 unspecified atom stereocenters. The van der Waals surface area contributed by atoms with E-state index in [1.165, 1.54) is 12.0 Å². The van der Waals surface area contributed by atoms with Crippen LogP contribution in [0.25, 0.3) is 0 Å². The topological polar surface area (TPSA) is 0 Å². The summed E-state index contributed by atoms with van der Waals surface area (Å²) in [5.41, 5.74) is 1.30. The Kier molecular flexibility index (Phi) is 8.88. The first-order valence-corrected chi connectivity index (χ1v) is 5.91. The predicted molar refractivity (Wildman–Crippen MR) is 66.9 cm³/mol. The fraction of sp³-hybridized carbons (Fsp3) is 0.500. The van der Waals surface area contributed by atoms with Gasteiger partial charge in [0.05, 0.1) is 0 Å². The molecular formula is C14H19BV. The molecule has 0 amide bonds. The van der Waals surface area contributed by atoms with Crippen LogP contribution in [0.4, 0.5) is 0 Å². The Morgan fingerprint density at radius 1 is 1.38 bits per heavy atom. The zero-order valence-electron chi connectivity index (χ0n) is 10.2. The fourth-order valence-electron chi connectivity index (χ4n) is 1.96. The molecule has 0 aromatic heterocycles. The molecule has 0 N–H and O–H groups in total. The average molecular weight is 249 g/mol. The minimum atomic E-state index is 0. The standard InChI is InChI=1S/C12H13B.C2H6.V/c13-12-7-6-11(9-12)8-10-4-2-1-3-5-10;1-2;/h1-4,9,11-12H,6-8H2;1-2H3;/q-2;;+2/t11-,12+;;/m1../s1. The van der Waals surface area contributed by atoms with Crippen molar-refractivity contribution in [1.29, 1.82) is 0 Å². The van der Waals surface area contributed by atoms with Crippen LogP contribution in [0.15, 0.2) is 24.3 Å². The van der Waals surface area contributed by atoms with Gasteiger partial charge in [0.15, 0.2) is 0 Å². The van der Waals surface area contributed by atoms with E-state index in [0.29, 0.717) is 11.7 Å². The Morgan fingerprint density at radius 2 is 2.12 bits per heavy atom. The summed E-state index contributed by atoms with van der Waals surface area (Å²) in [4.78, 5) is 0. The van der Waals surface area contributed by atoms with Crippen molar-refractivity contribution in [3.63, 3.8) is 0 Å². The second-order valence-corrected chi connectivity index (χ2v) is 3.79. The summed E-state index contributed by atoms with van der Waals surface area (Å²) in [6, 6.07) is 11.4. The van der Waals surface area contributed by atoms with Gasteiger partial charge in [-0.15, -0.1) is 0 Å². The van der Waals surface area contributed by atoms with Gasteiger partial charge in [-0.05, 0) is 0 Å². The molecule has 1 saturated carbocycles. The number of hydrogen-bond donors (Lipinski definition) is 0. The summed E-state index contributed by atoms with van der Waals surface area (Å²) in [6.45, 7) is 4.00. The molecule has 0 nitrogen and oxygen atoms in total. The van der Waals surface area contributed by atoms with E-state index in [1.807, 2.05) is 26.0 Å². The van der Waals surface area contributed by atoms with E-state index in [0.717, 1.165) is 12.8 Å². The van der Waals surface area contributed by atoms with E-state index >= 15 is 0 Å². The number of rotatable bonds is 2. The number of benzene rings is 1. The first-order valence-electron chi connectivity index (χ1n) is 5.91. The van der Waals surface area contributed by atoms with Gasteiger partial charge >= 0.3 is 18.6 Å². The molecule has 3 radical (unpaired) electrons. The average Bonchev–Trinajstić information content (AvgIpc) is 2.68. The minimum Gasteiger partial charge on any atom is -0.330 e. The van der Waals surface area contributed by atoms with Crippen LogP contribution in [0.2, 0.25) is 5.82 Å². The van der Waals surface area contributed by atoms with Gasteiger partial charge < -0.3 is 6.42 Å². The van der Waals surface area contributed by atoms with Crippen LogP contribution >= 0.6 is 0 Å². The van der Waals surface area contributed by atoms with Crippen molar-refractivity contribution >= 4 is 7.85 Å². The third-order valence-corrected chi connectivity index (χ3v) is 2.65. The van der Waals surface area contributed by atoms with E-state index in [1.54, 1.807) is 0 Å². The van der Waals surface area contributed by atoms with Crippen molar-refractivity contribution in [2.24, 2.45) is 5.92 Å². The molecule has 1 aromatic rings. The third kappa shape index (κ3) is 5.27. The molecule has 1 aliphatic carbocycles. The molecule has 2 rings (SSSR count). The zero-order chi connectivity index (χ0) is 11.1. The van der Waals surface area contributed by atoms with Crippen LogP contribution in [0, 0.1) is 18.4 Å². The van der Waals surface area contributed by atoms with Gasteiger partial charge in [-0.3, -0.25) is 0 Å². The van der Waals surface area contributed by atoms with Crippen molar-refractivity contribution in [3.8, 4) is 0 Å². The molecule has 2 heteroatoms. The molecule has 0 saturated heterocycles. The van der Waals surface area contributed by atoms with E-state index in [-0.39, 0.29) is 18.6 Å². The molecule has 83 valence electrons. The quantitative estimate of drug-likeness (QED) is 0.554. The Bertz CT molecular complexity index is 261. The SMILES string of the molecule is CC.[B][C@@H]1[CH-][C@@H](Cc2[c-]cccc2)CC1.[V+2]. The van der Waals surface area contributed by atoms with E-state index in [9.17, 15) is 0 Å². The van der Waals surface area contributed by atoms with Gasteiger partial charge in [0.1, 0.15) is 0 Å². The van der Waals surface area contributed by atoms with Crippen molar-refractivity contribution in [3.05, 3.63) is 42.3 Å². The van der Waals surface area contributed by atoms with Crippen molar-refractivity contribution in [2.45, 2.75) is 38.9 Å². The van der Waals surface area contributed by atoms with Gasteiger partial charge in [-0.25, -0.2) is 5.82 Å². The Balaban J connectivity index is 0.000000711.